The van der Waals surface area contributed by atoms with Gasteiger partial charge in [-0.15, -0.1) is 0 Å². The maximum Gasteiger partial charge on any atom is 0.335 e. The van der Waals surface area contributed by atoms with Crippen LogP contribution in [0.3, 0.4) is 0 Å². The number of ether oxygens (including phenoxy) is 1. The summed E-state index contributed by atoms with van der Waals surface area (Å²) in [5.41, 5.74) is 0.935. The molecule has 0 spiro atoms. The first-order valence-corrected chi connectivity index (χ1v) is 3.72. The third kappa shape index (κ3) is 2.62. The zero-order valence-electron chi connectivity index (χ0n) is 7.31. The van der Waals surface area contributed by atoms with Crippen LogP contribution in [0.15, 0.2) is 30.3 Å². The molecule has 1 N–H and O–H groups in total. The largest absolute Gasteiger partial charge is 0.479 e. The third-order valence-corrected chi connectivity index (χ3v) is 1.86. The van der Waals surface area contributed by atoms with Crippen molar-refractivity contribution in [1.82, 2.24) is 0 Å². The molecule has 1 heterocycles. The summed E-state index contributed by atoms with van der Waals surface area (Å²) in [7, 11) is 0. The number of carbonyl (C=O) groups is 1. The van der Waals surface area contributed by atoms with Crippen LogP contribution in [-0.4, -0.2) is 68.6 Å². The van der Waals surface area contributed by atoms with Crippen molar-refractivity contribution in [3.05, 3.63) is 35.9 Å². The monoisotopic (exact) mass is 203 g/mol. The third-order valence-electron chi connectivity index (χ3n) is 1.86. The van der Waals surface area contributed by atoms with Crippen LogP contribution in [0, 0.1) is 0 Å². The van der Waals surface area contributed by atoms with Gasteiger partial charge in [0.25, 0.3) is 0 Å². The van der Waals surface area contributed by atoms with E-state index in [-0.39, 0.29) is 57.5 Å². The second-order valence-electron chi connectivity index (χ2n) is 2.73. The maximum absolute atomic E-state index is 10.4. The van der Waals surface area contributed by atoms with Gasteiger partial charge in [-0.2, -0.15) is 0 Å². The van der Waals surface area contributed by atoms with Gasteiger partial charge >= 0.3 is 5.97 Å². The first-order valence-electron chi connectivity index (χ1n) is 3.72. The molecule has 4 heteroatoms. The van der Waals surface area contributed by atoms with E-state index in [0.29, 0.717) is 0 Å². The zero-order valence-corrected chi connectivity index (χ0v) is 10.4. The minimum Gasteiger partial charge on any atom is -0.479 e. The van der Waals surface area contributed by atoms with Gasteiger partial charge < -0.3 is 9.84 Å². The van der Waals surface area contributed by atoms with E-state index in [2.05, 4.69) is 0 Å². The van der Waals surface area contributed by atoms with Crippen molar-refractivity contribution in [2.24, 2.45) is 0 Å². The maximum atomic E-state index is 10.4. The van der Waals surface area contributed by atoms with Crippen LogP contribution in [0.4, 0.5) is 0 Å². The molecule has 0 amide bonds. The molecule has 2 unspecified atom stereocenters. The summed E-state index contributed by atoms with van der Waals surface area (Å²) in [6.45, 7) is 0. The van der Waals surface area contributed by atoms with Crippen LogP contribution < -0.4 is 0 Å². The normalized spacial score (nSPS) is 24.6. The Morgan fingerprint density at radius 2 is 1.92 bits per heavy atom. The molecular formula is C9H8KO3. The van der Waals surface area contributed by atoms with E-state index in [4.69, 9.17) is 9.84 Å². The minimum absolute atomic E-state index is 0. The van der Waals surface area contributed by atoms with Gasteiger partial charge in [-0.3, -0.25) is 0 Å². The molecule has 13 heavy (non-hydrogen) atoms. The van der Waals surface area contributed by atoms with Crippen molar-refractivity contribution in [3.8, 4) is 0 Å². The average molecular weight is 203 g/mol. The Morgan fingerprint density at radius 3 is 2.38 bits per heavy atom. The molecule has 63 valence electrons. The van der Waals surface area contributed by atoms with E-state index in [9.17, 15) is 4.79 Å². The van der Waals surface area contributed by atoms with Crippen LogP contribution in [-0.2, 0) is 9.53 Å². The molecule has 1 aromatic rings. The molecule has 2 rings (SSSR count). The number of hydrogen-bond donors (Lipinski definition) is 1. The van der Waals surface area contributed by atoms with Gasteiger partial charge in [-0.05, 0) is 5.56 Å². The second-order valence-corrected chi connectivity index (χ2v) is 2.73. The van der Waals surface area contributed by atoms with Gasteiger partial charge in [-0.1, -0.05) is 30.3 Å². The van der Waals surface area contributed by atoms with E-state index < -0.39 is 12.1 Å². The molecular weight excluding hydrogens is 195 g/mol. The molecule has 0 aliphatic carbocycles. The van der Waals surface area contributed by atoms with Crippen molar-refractivity contribution < 1.29 is 14.6 Å². The predicted molar refractivity (Wildman–Crippen MR) is 47.4 cm³/mol. The van der Waals surface area contributed by atoms with E-state index in [1.807, 2.05) is 30.3 Å². The van der Waals surface area contributed by atoms with E-state index in [0.717, 1.165) is 5.56 Å². The van der Waals surface area contributed by atoms with Gasteiger partial charge in [0.15, 0.2) is 6.10 Å². The molecule has 1 saturated heterocycles. The van der Waals surface area contributed by atoms with E-state index >= 15 is 0 Å². The molecule has 3 nitrogen and oxygen atoms in total. The van der Waals surface area contributed by atoms with Crippen LogP contribution in [0.25, 0.3) is 0 Å². The molecule has 2 atom stereocenters. The fourth-order valence-corrected chi connectivity index (χ4v) is 1.20. The summed E-state index contributed by atoms with van der Waals surface area (Å²) in [6.07, 6.45) is -0.865. The molecule has 1 aromatic carbocycles. The number of hydrogen-bond acceptors (Lipinski definition) is 2. The van der Waals surface area contributed by atoms with Crippen LogP contribution in [0.2, 0.25) is 0 Å². The number of carboxylic acid groups (broad SMARTS) is 1. The first kappa shape index (κ1) is 11.4. The van der Waals surface area contributed by atoms with Gasteiger partial charge in [-0.25, -0.2) is 4.79 Å². The molecule has 1 radical (unpaired) electrons. The topological polar surface area (TPSA) is 49.8 Å². The molecule has 1 aliphatic rings. The number of benzene rings is 1. The Labute approximate surface area is 119 Å². The van der Waals surface area contributed by atoms with Gasteiger partial charge in [0.1, 0.15) is 6.10 Å². The fraction of sp³-hybridized carbons (Fsp3) is 0.222. The standard InChI is InChI=1S/C9H8O3.K/c10-9(11)8-7(12-8)6-4-2-1-3-5-6;/h1-5,7-8H,(H,10,11);. The number of carboxylic acids is 1. The Morgan fingerprint density at radius 1 is 1.31 bits per heavy atom. The number of epoxide rings is 1. The first-order chi connectivity index (χ1) is 5.79. The molecule has 0 saturated carbocycles. The van der Waals surface area contributed by atoms with E-state index in [1.165, 1.54) is 0 Å². The average Bonchev–Trinajstić information content (AvgIpc) is 2.84. The molecule has 1 fully saturated rings. The Hall–Kier alpha value is 0.286. The van der Waals surface area contributed by atoms with Gasteiger partial charge in [0.05, 0.1) is 0 Å². The summed E-state index contributed by atoms with van der Waals surface area (Å²) in [5, 5.41) is 8.56. The summed E-state index contributed by atoms with van der Waals surface area (Å²) < 4.78 is 4.96. The summed E-state index contributed by atoms with van der Waals surface area (Å²) in [5.74, 6) is -0.885. The quantitative estimate of drug-likeness (QED) is 0.572. The fourth-order valence-electron chi connectivity index (χ4n) is 1.20. The predicted octanol–water partition coefficient (Wildman–Crippen LogP) is 0.830. The van der Waals surface area contributed by atoms with Gasteiger partial charge in [0.2, 0.25) is 0 Å². The Balaban J connectivity index is 0.000000845. The minimum atomic E-state index is -0.885. The molecule has 0 aromatic heterocycles. The summed E-state index contributed by atoms with van der Waals surface area (Å²) in [6, 6.07) is 9.37. The molecule has 1 aliphatic heterocycles. The Bertz CT molecular complexity index is 299. The van der Waals surface area contributed by atoms with Crippen molar-refractivity contribution in [2.45, 2.75) is 12.2 Å². The Kier molecular flexibility index (Phi) is 4.09. The van der Waals surface area contributed by atoms with Crippen LogP contribution in [0.5, 0.6) is 0 Å². The number of aliphatic carboxylic acids is 1. The van der Waals surface area contributed by atoms with Crippen LogP contribution in [0.1, 0.15) is 11.7 Å². The smallest absolute Gasteiger partial charge is 0.335 e. The SMILES string of the molecule is O=C(O)C1OC1c1ccccc1.[K]. The second kappa shape index (κ2) is 4.68. The zero-order chi connectivity index (χ0) is 8.55. The number of rotatable bonds is 2. The van der Waals surface area contributed by atoms with Crippen molar-refractivity contribution in [1.29, 1.82) is 0 Å². The van der Waals surface area contributed by atoms with Crippen LogP contribution >= 0.6 is 0 Å². The summed E-state index contributed by atoms with van der Waals surface area (Å²) in [4.78, 5) is 10.4. The van der Waals surface area contributed by atoms with Crippen molar-refractivity contribution in [3.63, 3.8) is 0 Å². The van der Waals surface area contributed by atoms with Crippen molar-refractivity contribution in [2.75, 3.05) is 0 Å². The van der Waals surface area contributed by atoms with Crippen molar-refractivity contribution >= 4 is 57.4 Å². The van der Waals surface area contributed by atoms with Gasteiger partial charge in [0, 0.05) is 51.4 Å². The van der Waals surface area contributed by atoms with E-state index in [1.54, 1.807) is 0 Å². The molecule has 0 bridgehead atoms. The summed E-state index contributed by atoms with van der Waals surface area (Å²) >= 11 is 0.